The molecule has 0 bridgehead atoms. The fourth-order valence-electron chi connectivity index (χ4n) is 3.11. The van der Waals surface area contributed by atoms with Crippen LogP contribution in [0.15, 0.2) is 12.3 Å². The van der Waals surface area contributed by atoms with Crippen molar-refractivity contribution in [2.75, 3.05) is 18.8 Å². The molecule has 0 spiro atoms. The summed E-state index contributed by atoms with van der Waals surface area (Å²) in [5.41, 5.74) is 5.65. The molecule has 4 heteroatoms. The molecule has 0 atom stereocenters. The summed E-state index contributed by atoms with van der Waals surface area (Å²) in [6, 6.07) is 2.70. The number of anilines is 1. The standard InChI is InChI=1S/C16H30N4/c1-14(2)8-12-19(15-6-3-4-7-15)10-5-11-20-13-9-16(17)18-20/h9,13-15H,3-8,10-12H2,1-2H3,(H2,17,18). The third-order valence-corrected chi connectivity index (χ3v) is 4.33. The molecule has 1 aliphatic carbocycles. The quantitative estimate of drug-likeness (QED) is 0.794. The van der Waals surface area contributed by atoms with Crippen LogP contribution in [0.4, 0.5) is 5.82 Å². The lowest BCUT2D eigenvalue weighted by atomic mass is 10.1. The first kappa shape index (κ1) is 15.4. The Hall–Kier alpha value is -1.03. The minimum atomic E-state index is 0.623. The molecule has 0 aromatic carbocycles. The van der Waals surface area contributed by atoms with Gasteiger partial charge in [-0.2, -0.15) is 5.10 Å². The molecule has 0 unspecified atom stereocenters. The Kier molecular flexibility index (Phi) is 5.89. The summed E-state index contributed by atoms with van der Waals surface area (Å²) in [6.45, 7) is 8.06. The highest BCUT2D eigenvalue weighted by Gasteiger charge is 2.22. The smallest absolute Gasteiger partial charge is 0.145 e. The molecule has 4 nitrogen and oxygen atoms in total. The van der Waals surface area contributed by atoms with Crippen molar-refractivity contribution in [3.05, 3.63) is 12.3 Å². The molecule has 0 saturated heterocycles. The Balaban J connectivity index is 1.77. The maximum Gasteiger partial charge on any atom is 0.145 e. The summed E-state index contributed by atoms with van der Waals surface area (Å²) in [6.07, 6.45) is 10.1. The number of hydrogen-bond acceptors (Lipinski definition) is 3. The summed E-state index contributed by atoms with van der Waals surface area (Å²) in [4.78, 5) is 2.72. The van der Waals surface area contributed by atoms with E-state index in [-0.39, 0.29) is 0 Å². The first-order valence-electron chi connectivity index (χ1n) is 8.18. The fourth-order valence-corrected chi connectivity index (χ4v) is 3.11. The van der Waals surface area contributed by atoms with Crippen molar-refractivity contribution in [3.8, 4) is 0 Å². The molecule has 2 rings (SSSR count). The van der Waals surface area contributed by atoms with Gasteiger partial charge in [0.15, 0.2) is 0 Å². The zero-order chi connectivity index (χ0) is 14.4. The van der Waals surface area contributed by atoms with Gasteiger partial charge in [-0.05, 0) is 44.2 Å². The Bertz CT molecular complexity index is 380. The highest BCUT2D eigenvalue weighted by Crippen LogP contribution is 2.24. The van der Waals surface area contributed by atoms with Crippen molar-refractivity contribution >= 4 is 5.82 Å². The lowest BCUT2D eigenvalue weighted by molar-refractivity contribution is 0.182. The van der Waals surface area contributed by atoms with E-state index in [0.29, 0.717) is 5.82 Å². The summed E-state index contributed by atoms with van der Waals surface area (Å²) in [7, 11) is 0. The van der Waals surface area contributed by atoms with Gasteiger partial charge in [-0.15, -0.1) is 0 Å². The van der Waals surface area contributed by atoms with E-state index in [1.54, 1.807) is 0 Å². The maximum atomic E-state index is 5.65. The van der Waals surface area contributed by atoms with E-state index in [1.165, 1.54) is 45.2 Å². The van der Waals surface area contributed by atoms with Gasteiger partial charge < -0.3 is 10.6 Å². The van der Waals surface area contributed by atoms with E-state index in [4.69, 9.17) is 5.73 Å². The molecule has 0 amide bonds. The van der Waals surface area contributed by atoms with Crippen LogP contribution in [-0.2, 0) is 6.54 Å². The van der Waals surface area contributed by atoms with E-state index in [2.05, 4.69) is 23.8 Å². The molecule has 1 saturated carbocycles. The first-order chi connectivity index (χ1) is 9.65. The van der Waals surface area contributed by atoms with Crippen LogP contribution in [-0.4, -0.2) is 33.8 Å². The van der Waals surface area contributed by atoms with Crippen LogP contribution < -0.4 is 5.73 Å². The molecule has 1 heterocycles. The fraction of sp³-hybridized carbons (Fsp3) is 0.812. The monoisotopic (exact) mass is 278 g/mol. The summed E-state index contributed by atoms with van der Waals surface area (Å²) >= 11 is 0. The van der Waals surface area contributed by atoms with Crippen molar-refractivity contribution in [2.24, 2.45) is 5.92 Å². The van der Waals surface area contributed by atoms with E-state index < -0.39 is 0 Å². The third kappa shape index (κ3) is 4.82. The lowest BCUT2D eigenvalue weighted by Gasteiger charge is -2.29. The van der Waals surface area contributed by atoms with Gasteiger partial charge in [-0.1, -0.05) is 26.7 Å². The molecule has 2 N–H and O–H groups in total. The van der Waals surface area contributed by atoms with Gasteiger partial charge in [0, 0.05) is 25.3 Å². The van der Waals surface area contributed by atoms with Gasteiger partial charge >= 0.3 is 0 Å². The molecule has 0 aliphatic heterocycles. The normalized spacial score (nSPS) is 16.6. The number of rotatable bonds is 8. The van der Waals surface area contributed by atoms with Gasteiger partial charge in [0.05, 0.1) is 0 Å². The van der Waals surface area contributed by atoms with Crippen molar-refractivity contribution in [2.45, 2.75) is 65.0 Å². The number of nitrogens with zero attached hydrogens (tertiary/aromatic N) is 3. The highest BCUT2D eigenvalue weighted by atomic mass is 15.3. The summed E-state index contributed by atoms with van der Waals surface area (Å²) < 4.78 is 1.96. The van der Waals surface area contributed by atoms with Crippen LogP contribution in [0.3, 0.4) is 0 Å². The molecular formula is C16H30N4. The number of nitrogen functional groups attached to an aromatic ring is 1. The van der Waals surface area contributed by atoms with Crippen molar-refractivity contribution in [1.29, 1.82) is 0 Å². The van der Waals surface area contributed by atoms with Crippen LogP contribution in [0.1, 0.15) is 52.4 Å². The number of hydrogen-bond donors (Lipinski definition) is 1. The Morgan fingerprint density at radius 1 is 1.35 bits per heavy atom. The van der Waals surface area contributed by atoms with E-state index in [1.807, 2.05) is 16.9 Å². The molecule has 1 fully saturated rings. The second-order valence-electron chi connectivity index (χ2n) is 6.51. The molecule has 1 aromatic rings. The minimum Gasteiger partial charge on any atom is -0.382 e. The lowest BCUT2D eigenvalue weighted by Crippen LogP contribution is -2.36. The van der Waals surface area contributed by atoms with Crippen LogP contribution in [0.5, 0.6) is 0 Å². The Morgan fingerprint density at radius 2 is 2.10 bits per heavy atom. The van der Waals surface area contributed by atoms with E-state index >= 15 is 0 Å². The van der Waals surface area contributed by atoms with Crippen LogP contribution in [0.2, 0.25) is 0 Å². The molecule has 1 aromatic heterocycles. The van der Waals surface area contributed by atoms with Crippen molar-refractivity contribution < 1.29 is 0 Å². The third-order valence-electron chi connectivity index (χ3n) is 4.33. The van der Waals surface area contributed by atoms with Crippen LogP contribution in [0, 0.1) is 5.92 Å². The Morgan fingerprint density at radius 3 is 2.70 bits per heavy atom. The van der Waals surface area contributed by atoms with Crippen LogP contribution >= 0.6 is 0 Å². The average molecular weight is 278 g/mol. The van der Waals surface area contributed by atoms with Gasteiger partial charge in [0.2, 0.25) is 0 Å². The van der Waals surface area contributed by atoms with Gasteiger partial charge in [0.1, 0.15) is 5.82 Å². The van der Waals surface area contributed by atoms with Gasteiger partial charge in [-0.25, -0.2) is 0 Å². The second kappa shape index (κ2) is 7.67. The molecule has 0 radical (unpaired) electrons. The second-order valence-corrected chi connectivity index (χ2v) is 6.51. The minimum absolute atomic E-state index is 0.623. The number of aryl methyl sites for hydroxylation is 1. The van der Waals surface area contributed by atoms with Gasteiger partial charge in [-0.3, -0.25) is 4.68 Å². The predicted molar refractivity (Wildman–Crippen MR) is 84.5 cm³/mol. The molecular weight excluding hydrogens is 248 g/mol. The topological polar surface area (TPSA) is 47.1 Å². The van der Waals surface area contributed by atoms with Crippen LogP contribution in [0.25, 0.3) is 0 Å². The molecule has 114 valence electrons. The van der Waals surface area contributed by atoms with Crippen molar-refractivity contribution in [1.82, 2.24) is 14.7 Å². The maximum absolute atomic E-state index is 5.65. The van der Waals surface area contributed by atoms with Crippen molar-refractivity contribution in [3.63, 3.8) is 0 Å². The predicted octanol–water partition coefficient (Wildman–Crippen LogP) is 3.15. The van der Waals surface area contributed by atoms with E-state index in [9.17, 15) is 0 Å². The molecule has 1 aliphatic rings. The first-order valence-corrected chi connectivity index (χ1v) is 8.18. The van der Waals surface area contributed by atoms with Gasteiger partial charge in [0.25, 0.3) is 0 Å². The molecule has 20 heavy (non-hydrogen) atoms. The number of aromatic nitrogens is 2. The Labute approximate surface area is 123 Å². The average Bonchev–Trinajstić information content (AvgIpc) is 3.05. The zero-order valence-corrected chi connectivity index (χ0v) is 13.1. The zero-order valence-electron chi connectivity index (χ0n) is 13.1. The van der Waals surface area contributed by atoms with E-state index in [0.717, 1.165) is 24.9 Å². The number of nitrogens with two attached hydrogens (primary N) is 1. The SMILES string of the molecule is CC(C)CCN(CCCn1ccc(N)n1)C1CCCC1. The largest absolute Gasteiger partial charge is 0.382 e. The summed E-state index contributed by atoms with van der Waals surface area (Å²) in [5, 5.41) is 4.26. The highest BCUT2D eigenvalue weighted by molar-refractivity contribution is 5.23. The summed E-state index contributed by atoms with van der Waals surface area (Å²) in [5.74, 6) is 1.42.